The van der Waals surface area contributed by atoms with Gasteiger partial charge in [0.1, 0.15) is 0 Å². The minimum Gasteiger partial charge on any atom is -0.185 e. The topological polar surface area (TPSA) is 24.7 Å². The maximum Gasteiger partial charge on any atom is 0.0813 e. The van der Waals surface area contributed by atoms with Crippen molar-refractivity contribution in [1.29, 1.82) is 0 Å². The fourth-order valence-electron chi connectivity index (χ4n) is 0.498. The molecule has 8 heavy (non-hydrogen) atoms. The van der Waals surface area contributed by atoms with E-state index in [2.05, 4.69) is 10.2 Å². The molecule has 0 aliphatic carbocycles. The zero-order valence-corrected chi connectivity index (χ0v) is 4.83. The molecule has 2 nitrogen and oxygen atoms in total. The highest BCUT2D eigenvalue weighted by molar-refractivity contribution is 5.12. The largest absolute Gasteiger partial charge is 0.185 e. The van der Waals surface area contributed by atoms with E-state index in [0.717, 1.165) is 6.54 Å². The SMILES string of the molecule is CC1=CC=CN=NC1. The third kappa shape index (κ3) is 1.30. The highest BCUT2D eigenvalue weighted by Crippen LogP contribution is 1.98. The smallest absolute Gasteiger partial charge is 0.0813 e. The molecule has 1 heterocycles. The van der Waals surface area contributed by atoms with Crippen LogP contribution in [0.4, 0.5) is 0 Å². The fourth-order valence-corrected chi connectivity index (χ4v) is 0.498. The van der Waals surface area contributed by atoms with Gasteiger partial charge < -0.3 is 0 Å². The molecule has 1 aliphatic heterocycles. The molecule has 0 aromatic carbocycles. The van der Waals surface area contributed by atoms with Gasteiger partial charge in [0.15, 0.2) is 0 Å². The fraction of sp³-hybridized carbons (Fsp3) is 0.333. The van der Waals surface area contributed by atoms with Crippen LogP contribution in [0.3, 0.4) is 0 Å². The number of azo groups is 1. The molecule has 42 valence electrons. The zero-order valence-electron chi connectivity index (χ0n) is 4.83. The highest BCUT2D eigenvalue weighted by atomic mass is 15.1. The average molecular weight is 108 g/mol. The summed E-state index contributed by atoms with van der Waals surface area (Å²) in [7, 11) is 0. The summed E-state index contributed by atoms with van der Waals surface area (Å²) in [6, 6.07) is 0. The molecule has 0 aromatic heterocycles. The average Bonchev–Trinajstić information content (AvgIpc) is 1.94. The lowest BCUT2D eigenvalue weighted by Crippen LogP contribution is -1.76. The molecule has 0 aromatic rings. The van der Waals surface area contributed by atoms with Gasteiger partial charge in [-0.3, -0.25) is 0 Å². The van der Waals surface area contributed by atoms with Crippen LogP contribution in [0.15, 0.2) is 34.2 Å². The van der Waals surface area contributed by atoms with Crippen LogP contribution >= 0.6 is 0 Å². The lowest BCUT2D eigenvalue weighted by atomic mass is 10.3. The van der Waals surface area contributed by atoms with Gasteiger partial charge in [-0.1, -0.05) is 11.6 Å². The van der Waals surface area contributed by atoms with Gasteiger partial charge in [0.25, 0.3) is 0 Å². The van der Waals surface area contributed by atoms with E-state index in [0.29, 0.717) is 0 Å². The molecule has 2 heteroatoms. The van der Waals surface area contributed by atoms with Gasteiger partial charge in [0.05, 0.1) is 6.54 Å². The van der Waals surface area contributed by atoms with Crippen LogP contribution in [-0.4, -0.2) is 6.54 Å². The Balaban J connectivity index is 2.69. The van der Waals surface area contributed by atoms with E-state index in [1.54, 1.807) is 6.20 Å². The van der Waals surface area contributed by atoms with Crippen molar-refractivity contribution in [3.8, 4) is 0 Å². The van der Waals surface area contributed by atoms with E-state index in [-0.39, 0.29) is 0 Å². The van der Waals surface area contributed by atoms with Gasteiger partial charge in [-0.25, -0.2) is 0 Å². The van der Waals surface area contributed by atoms with E-state index in [4.69, 9.17) is 0 Å². The van der Waals surface area contributed by atoms with Crippen LogP contribution in [0.25, 0.3) is 0 Å². The zero-order chi connectivity index (χ0) is 5.82. The van der Waals surface area contributed by atoms with Crippen molar-refractivity contribution in [3.63, 3.8) is 0 Å². The van der Waals surface area contributed by atoms with Gasteiger partial charge in [-0.15, -0.1) is 0 Å². The molecule has 0 spiro atoms. The summed E-state index contributed by atoms with van der Waals surface area (Å²) in [6.45, 7) is 2.78. The molecule has 0 unspecified atom stereocenters. The highest BCUT2D eigenvalue weighted by Gasteiger charge is 1.84. The first-order valence-corrected chi connectivity index (χ1v) is 2.58. The first-order valence-electron chi connectivity index (χ1n) is 2.58. The molecule has 1 rings (SSSR count). The molecule has 0 saturated carbocycles. The standard InChI is InChI=1S/C6H8N2/c1-6-3-2-4-7-8-5-6/h2-4H,5H2,1H3. The first-order chi connectivity index (χ1) is 3.89. The second-order valence-electron chi connectivity index (χ2n) is 1.77. The number of nitrogens with zero attached hydrogens (tertiary/aromatic N) is 2. The van der Waals surface area contributed by atoms with Gasteiger partial charge in [0.2, 0.25) is 0 Å². The molecule has 0 radical (unpaired) electrons. The Morgan fingerprint density at radius 3 is 3.38 bits per heavy atom. The second kappa shape index (κ2) is 2.40. The summed E-state index contributed by atoms with van der Waals surface area (Å²) < 4.78 is 0. The summed E-state index contributed by atoms with van der Waals surface area (Å²) in [5, 5.41) is 7.54. The summed E-state index contributed by atoms with van der Waals surface area (Å²) in [5.41, 5.74) is 1.25. The van der Waals surface area contributed by atoms with Crippen LogP contribution in [-0.2, 0) is 0 Å². The Hall–Kier alpha value is -0.920. The van der Waals surface area contributed by atoms with Crippen LogP contribution in [0.5, 0.6) is 0 Å². The monoisotopic (exact) mass is 108 g/mol. The molecule has 1 aliphatic rings. The molecular formula is C6H8N2. The molecule has 0 N–H and O–H groups in total. The van der Waals surface area contributed by atoms with E-state index < -0.39 is 0 Å². The molecule has 0 amide bonds. The second-order valence-corrected chi connectivity index (χ2v) is 1.77. The van der Waals surface area contributed by atoms with Crippen LogP contribution in [0, 0.1) is 0 Å². The Morgan fingerprint density at radius 2 is 2.50 bits per heavy atom. The van der Waals surface area contributed by atoms with Crippen LogP contribution in [0.1, 0.15) is 6.92 Å². The maximum atomic E-state index is 3.82. The minimum absolute atomic E-state index is 0.743. The van der Waals surface area contributed by atoms with Gasteiger partial charge >= 0.3 is 0 Å². The van der Waals surface area contributed by atoms with E-state index >= 15 is 0 Å². The van der Waals surface area contributed by atoms with Crippen molar-refractivity contribution in [1.82, 2.24) is 0 Å². The van der Waals surface area contributed by atoms with Crippen molar-refractivity contribution in [2.24, 2.45) is 10.2 Å². The van der Waals surface area contributed by atoms with Crippen LogP contribution < -0.4 is 0 Å². The normalized spacial score (nSPS) is 17.9. The Morgan fingerprint density at radius 1 is 1.62 bits per heavy atom. The molecular weight excluding hydrogens is 100 g/mol. The predicted molar refractivity (Wildman–Crippen MR) is 32.6 cm³/mol. The van der Waals surface area contributed by atoms with Crippen molar-refractivity contribution < 1.29 is 0 Å². The predicted octanol–water partition coefficient (Wildman–Crippen LogP) is 1.91. The van der Waals surface area contributed by atoms with E-state index in [9.17, 15) is 0 Å². The third-order valence-corrected chi connectivity index (χ3v) is 0.935. The van der Waals surface area contributed by atoms with Gasteiger partial charge in [-0.05, 0) is 13.0 Å². The van der Waals surface area contributed by atoms with Crippen molar-refractivity contribution in [2.45, 2.75) is 6.92 Å². The molecule has 0 bridgehead atoms. The number of rotatable bonds is 0. The number of hydrogen-bond donors (Lipinski definition) is 0. The lowest BCUT2D eigenvalue weighted by molar-refractivity contribution is 1.03. The molecule has 0 fully saturated rings. The Labute approximate surface area is 48.6 Å². The Kier molecular flexibility index (Phi) is 1.57. The van der Waals surface area contributed by atoms with Gasteiger partial charge in [-0.2, -0.15) is 10.2 Å². The van der Waals surface area contributed by atoms with E-state index in [1.165, 1.54) is 5.57 Å². The maximum absolute atomic E-state index is 3.82. The third-order valence-electron chi connectivity index (χ3n) is 0.935. The van der Waals surface area contributed by atoms with Crippen molar-refractivity contribution in [3.05, 3.63) is 23.9 Å². The van der Waals surface area contributed by atoms with Gasteiger partial charge in [0, 0.05) is 6.20 Å². The Bertz CT molecular complexity index is 154. The summed E-state index contributed by atoms with van der Waals surface area (Å²) in [5.74, 6) is 0. The first kappa shape index (κ1) is 5.22. The quantitative estimate of drug-likeness (QED) is 0.453. The van der Waals surface area contributed by atoms with Crippen molar-refractivity contribution in [2.75, 3.05) is 6.54 Å². The van der Waals surface area contributed by atoms with E-state index in [1.807, 2.05) is 19.1 Å². The summed E-state index contributed by atoms with van der Waals surface area (Å²) in [6.07, 6.45) is 5.60. The lowest BCUT2D eigenvalue weighted by Gasteiger charge is -1.85. The summed E-state index contributed by atoms with van der Waals surface area (Å²) in [4.78, 5) is 0. The molecule has 0 saturated heterocycles. The molecule has 0 atom stereocenters. The van der Waals surface area contributed by atoms with Crippen molar-refractivity contribution >= 4 is 0 Å². The number of hydrogen-bond acceptors (Lipinski definition) is 2. The van der Waals surface area contributed by atoms with Crippen LogP contribution in [0.2, 0.25) is 0 Å². The minimum atomic E-state index is 0.743. The number of allylic oxidation sites excluding steroid dienone is 2. The summed E-state index contributed by atoms with van der Waals surface area (Å²) >= 11 is 0.